The maximum absolute atomic E-state index is 11.1. The number of ether oxygens (including phenoxy) is 1. The van der Waals surface area contributed by atoms with E-state index in [1.54, 1.807) is 0 Å². The van der Waals surface area contributed by atoms with Gasteiger partial charge in [-0.25, -0.2) is 0 Å². The lowest BCUT2D eigenvalue weighted by atomic mass is 10.2. The van der Waals surface area contributed by atoms with Crippen LogP contribution in [0.5, 0.6) is 5.95 Å². The highest BCUT2D eigenvalue weighted by Crippen LogP contribution is 2.16. The molecule has 0 saturated carbocycles. The summed E-state index contributed by atoms with van der Waals surface area (Å²) in [6.07, 6.45) is -0.573. The number of hydrogen-bond acceptors (Lipinski definition) is 4. The Hall–Kier alpha value is -1.78. The zero-order valence-electron chi connectivity index (χ0n) is 6.94. The van der Waals surface area contributed by atoms with E-state index in [1.165, 1.54) is 19.2 Å². The monoisotopic (exact) mass is 184 g/mol. The summed E-state index contributed by atoms with van der Waals surface area (Å²) in [6.45, 7) is 0. The van der Waals surface area contributed by atoms with Gasteiger partial charge in [-0.1, -0.05) is 0 Å². The molecule has 1 heterocycles. The van der Waals surface area contributed by atoms with E-state index >= 15 is 0 Å². The Kier molecular flexibility index (Phi) is 2.69. The number of methoxy groups -OCH3 is 1. The molecule has 0 radical (unpaired) electrons. The highest BCUT2D eigenvalue weighted by atomic mass is 16.6. The second kappa shape index (κ2) is 3.75. The molecule has 1 aromatic rings. The number of carboxylic acid groups (broad SMARTS) is 1. The molecule has 5 heteroatoms. The molecule has 0 bridgehead atoms. The molecule has 0 saturated heterocycles. The smallest absolute Gasteiger partial charge is 0.311 e. The first-order chi connectivity index (χ1) is 6.13. The van der Waals surface area contributed by atoms with Crippen molar-refractivity contribution in [1.29, 1.82) is 0 Å². The molecule has 1 aromatic heterocycles. The van der Waals surface area contributed by atoms with E-state index in [0.717, 1.165) is 0 Å². The van der Waals surface area contributed by atoms with Gasteiger partial charge in [-0.15, -0.1) is 0 Å². The third-order valence-corrected chi connectivity index (χ3v) is 1.37. The molecule has 13 heavy (non-hydrogen) atoms. The molecule has 0 aliphatic rings. The topological polar surface area (TPSA) is 76.7 Å². The van der Waals surface area contributed by atoms with Gasteiger partial charge in [-0.2, -0.15) is 0 Å². The van der Waals surface area contributed by atoms with Crippen LogP contribution in [0, 0.1) is 0 Å². The van der Waals surface area contributed by atoms with Crippen LogP contribution in [-0.4, -0.2) is 24.0 Å². The van der Waals surface area contributed by atoms with Crippen molar-refractivity contribution in [2.45, 2.75) is 6.42 Å². The van der Waals surface area contributed by atoms with E-state index in [1.807, 2.05) is 0 Å². The standard InChI is InChI=1S/C8H8O5/c1-12-8-3-2-6(13-8)5(9)4-7(10)11/h2-3H,4H2,1H3,(H,10,11). The van der Waals surface area contributed by atoms with Gasteiger partial charge in [0.05, 0.1) is 7.11 Å². The van der Waals surface area contributed by atoms with Crippen LogP contribution in [0.1, 0.15) is 17.0 Å². The van der Waals surface area contributed by atoms with Crippen molar-refractivity contribution in [3.05, 3.63) is 17.9 Å². The predicted molar refractivity (Wildman–Crippen MR) is 41.8 cm³/mol. The minimum absolute atomic E-state index is 0.000694. The second-order valence-electron chi connectivity index (χ2n) is 2.32. The molecule has 70 valence electrons. The first kappa shape index (κ1) is 9.31. The SMILES string of the molecule is COc1ccc(C(=O)CC(=O)O)o1. The van der Waals surface area contributed by atoms with Gasteiger partial charge in [0.2, 0.25) is 5.78 Å². The molecule has 1 N–H and O–H groups in total. The third-order valence-electron chi connectivity index (χ3n) is 1.37. The van der Waals surface area contributed by atoms with Crippen LogP contribution in [0.25, 0.3) is 0 Å². The van der Waals surface area contributed by atoms with Crippen molar-refractivity contribution >= 4 is 11.8 Å². The van der Waals surface area contributed by atoms with E-state index in [2.05, 4.69) is 4.74 Å². The van der Waals surface area contributed by atoms with E-state index < -0.39 is 18.2 Å². The Morgan fingerprint density at radius 2 is 2.23 bits per heavy atom. The summed E-state index contributed by atoms with van der Waals surface area (Å²) in [5, 5.41) is 8.32. The fourth-order valence-electron chi connectivity index (χ4n) is 0.804. The highest BCUT2D eigenvalue weighted by molar-refractivity contribution is 6.03. The van der Waals surface area contributed by atoms with Crippen LogP contribution in [-0.2, 0) is 4.79 Å². The van der Waals surface area contributed by atoms with Crippen molar-refractivity contribution < 1.29 is 23.8 Å². The molecule has 0 amide bonds. The number of ketones is 1. The van der Waals surface area contributed by atoms with Crippen molar-refractivity contribution in [2.75, 3.05) is 7.11 Å². The Labute approximate surface area is 73.9 Å². The largest absolute Gasteiger partial charge is 0.481 e. The van der Waals surface area contributed by atoms with Gasteiger partial charge in [-0.3, -0.25) is 9.59 Å². The summed E-state index contributed by atoms with van der Waals surface area (Å²) < 4.78 is 9.54. The molecule has 1 rings (SSSR count). The number of carbonyl (C=O) groups is 2. The van der Waals surface area contributed by atoms with Crippen LogP contribution in [0.2, 0.25) is 0 Å². The Morgan fingerprint density at radius 3 is 2.69 bits per heavy atom. The third kappa shape index (κ3) is 2.33. The first-order valence-corrected chi connectivity index (χ1v) is 3.52. The number of carboxylic acids is 1. The van der Waals surface area contributed by atoms with Crippen LogP contribution < -0.4 is 4.74 Å². The molecule has 0 unspecified atom stereocenters. The molecule has 0 fully saturated rings. The number of hydrogen-bond donors (Lipinski definition) is 1. The number of Topliss-reactive ketones (excluding diaryl/α,β-unsaturated/α-hetero) is 1. The molecular weight excluding hydrogens is 176 g/mol. The van der Waals surface area contributed by atoms with E-state index in [0.29, 0.717) is 0 Å². The van der Waals surface area contributed by atoms with E-state index in [9.17, 15) is 9.59 Å². The number of aliphatic carboxylic acids is 1. The quantitative estimate of drug-likeness (QED) is 0.556. The zero-order chi connectivity index (χ0) is 9.84. The molecule has 0 aliphatic heterocycles. The van der Waals surface area contributed by atoms with E-state index in [-0.39, 0.29) is 11.7 Å². The summed E-state index contributed by atoms with van der Waals surface area (Å²) in [5.74, 6) is -1.57. The van der Waals surface area contributed by atoms with Gasteiger partial charge in [0.1, 0.15) is 6.42 Å². The Bertz CT molecular complexity index is 325. The lowest BCUT2D eigenvalue weighted by Gasteiger charge is -1.92. The average Bonchev–Trinajstić information content (AvgIpc) is 2.50. The van der Waals surface area contributed by atoms with Gasteiger partial charge in [0.25, 0.3) is 5.95 Å². The Morgan fingerprint density at radius 1 is 1.54 bits per heavy atom. The van der Waals surface area contributed by atoms with E-state index in [4.69, 9.17) is 9.52 Å². The van der Waals surface area contributed by atoms with Crippen molar-refractivity contribution in [3.8, 4) is 5.95 Å². The minimum Gasteiger partial charge on any atom is -0.481 e. The average molecular weight is 184 g/mol. The van der Waals surface area contributed by atoms with Gasteiger partial charge >= 0.3 is 5.97 Å². The van der Waals surface area contributed by atoms with Crippen LogP contribution in [0.4, 0.5) is 0 Å². The van der Waals surface area contributed by atoms with Gasteiger partial charge in [0, 0.05) is 6.07 Å². The molecular formula is C8H8O5. The van der Waals surface area contributed by atoms with Crippen LogP contribution in [0.15, 0.2) is 16.5 Å². The van der Waals surface area contributed by atoms with Gasteiger partial charge < -0.3 is 14.3 Å². The maximum atomic E-state index is 11.1. The lowest BCUT2D eigenvalue weighted by molar-refractivity contribution is -0.135. The molecule has 0 spiro atoms. The minimum atomic E-state index is -1.18. The normalized spacial score (nSPS) is 9.62. The Balaban J connectivity index is 2.71. The summed E-state index contributed by atoms with van der Waals surface area (Å²) in [7, 11) is 1.39. The second-order valence-corrected chi connectivity index (χ2v) is 2.32. The predicted octanol–water partition coefficient (Wildman–Crippen LogP) is 0.946. The molecule has 0 aliphatic carbocycles. The van der Waals surface area contributed by atoms with Crippen LogP contribution in [0.3, 0.4) is 0 Å². The van der Waals surface area contributed by atoms with Crippen molar-refractivity contribution in [1.82, 2.24) is 0 Å². The summed E-state index contributed by atoms with van der Waals surface area (Å²) in [6, 6.07) is 2.83. The summed E-state index contributed by atoms with van der Waals surface area (Å²) >= 11 is 0. The number of rotatable bonds is 4. The van der Waals surface area contributed by atoms with Crippen LogP contribution >= 0.6 is 0 Å². The maximum Gasteiger partial charge on any atom is 0.311 e. The molecule has 0 aromatic carbocycles. The molecule has 0 atom stereocenters. The van der Waals surface area contributed by atoms with Gasteiger partial charge in [-0.05, 0) is 6.07 Å². The number of carbonyl (C=O) groups excluding carboxylic acids is 1. The summed E-state index contributed by atoms with van der Waals surface area (Å²) in [5.41, 5.74) is 0. The van der Waals surface area contributed by atoms with Crippen molar-refractivity contribution in [3.63, 3.8) is 0 Å². The fourth-order valence-corrected chi connectivity index (χ4v) is 0.804. The van der Waals surface area contributed by atoms with Crippen molar-refractivity contribution in [2.24, 2.45) is 0 Å². The number of furan rings is 1. The van der Waals surface area contributed by atoms with Gasteiger partial charge in [0.15, 0.2) is 5.76 Å². The lowest BCUT2D eigenvalue weighted by Crippen LogP contribution is -2.05. The summed E-state index contributed by atoms with van der Waals surface area (Å²) in [4.78, 5) is 21.2. The first-order valence-electron chi connectivity index (χ1n) is 3.52. The highest BCUT2D eigenvalue weighted by Gasteiger charge is 2.14. The zero-order valence-corrected chi connectivity index (χ0v) is 6.94. The molecule has 5 nitrogen and oxygen atoms in total. The fraction of sp³-hybridized carbons (Fsp3) is 0.250.